The summed E-state index contributed by atoms with van der Waals surface area (Å²) in [5.41, 5.74) is 8.64. The van der Waals surface area contributed by atoms with Gasteiger partial charge >= 0.3 is 0 Å². The number of hydrogen-bond acceptors (Lipinski definition) is 1. The molecule has 0 aliphatic carbocycles. The maximum Gasteiger partial charge on any atom is 0.147 e. The van der Waals surface area contributed by atoms with Gasteiger partial charge in [0.25, 0.3) is 0 Å². The summed E-state index contributed by atoms with van der Waals surface area (Å²) < 4.78 is 13.7. The van der Waals surface area contributed by atoms with Gasteiger partial charge < -0.3 is 10.7 Å². The molecule has 17 heavy (non-hydrogen) atoms. The predicted octanol–water partition coefficient (Wildman–Crippen LogP) is 3.31. The highest BCUT2D eigenvalue weighted by molar-refractivity contribution is 5.85. The number of para-hydroxylation sites is 1. The zero-order valence-electron chi connectivity index (χ0n) is 10.5. The van der Waals surface area contributed by atoms with Crippen molar-refractivity contribution in [2.75, 3.05) is 6.54 Å². The van der Waals surface area contributed by atoms with Crippen LogP contribution in [0.5, 0.6) is 0 Å². The second-order valence-corrected chi connectivity index (χ2v) is 4.91. The normalized spacial score (nSPS) is 13.5. The van der Waals surface area contributed by atoms with Gasteiger partial charge in [-0.15, -0.1) is 0 Å². The number of H-pyrrole nitrogens is 1. The van der Waals surface area contributed by atoms with E-state index in [-0.39, 0.29) is 11.7 Å². The van der Waals surface area contributed by atoms with Crippen LogP contribution in [0, 0.1) is 18.7 Å². The molecule has 3 heteroatoms. The number of halogens is 1. The molecule has 1 atom stereocenters. The SMILES string of the molecule is Cc1[nH]c2c(F)cccc2c1C(CN)C(C)C. The molecule has 0 saturated heterocycles. The van der Waals surface area contributed by atoms with Crippen molar-refractivity contribution in [2.24, 2.45) is 11.7 Å². The van der Waals surface area contributed by atoms with E-state index in [9.17, 15) is 4.39 Å². The number of rotatable bonds is 3. The minimum Gasteiger partial charge on any atom is -0.356 e. The smallest absolute Gasteiger partial charge is 0.147 e. The van der Waals surface area contributed by atoms with Gasteiger partial charge in [0.1, 0.15) is 5.82 Å². The first-order valence-electron chi connectivity index (χ1n) is 6.03. The second kappa shape index (κ2) is 4.49. The van der Waals surface area contributed by atoms with E-state index in [0.29, 0.717) is 18.0 Å². The lowest BCUT2D eigenvalue weighted by molar-refractivity contribution is 0.507. The van der Waals surface area contributed by atoms with Crippen LogP contribution in [-0.2, 0) is 0 Å². The standard InChI is InChI=1S/C14H19FN2/c1-8(2)11(7-16)13-9(3)17-14-10(13)5-4-6-12(14)15/h4-6,8,11,17H,7,16H2,1-3H3. The van der Waals surface area contributed by atoms with Gasteiger partial charge in [-0.25, -0.2) is 4.39 Å². The molecule has 1 aromatic carbocycles. The van der Waals surface area contributed by atoms with Crippen molar-refractivity contribution in [3.63, 3.8) is 0 Å². The van der Waals surface area contributed by atoms with Gasteiger partial charge in [-0.05, 0) is 31.0 Å². The van der Waals surface area contributed by atoms with Crippen LogP contribution in [-0.4, -0.2) is 11.5 Å². The summed E-state index contributed by atoms with van der Waals surface area (Å²) in [5, 5.41) is 0.964. The molecular formula is C14H19FN2. The molecule has 1 unspecified atom stereocenters. The van der Waals surface area contributed by atoms with Crippen LogP contribution < -0.4 is 5.73 Å². The number of nitrogens with two attached hydrogens (primary N) is 1. The summed E-state index contributed by atoms with van der Waals surface area (Å²) in [7, 11) is 0. The first-order valence-corrected chi connectivity index (χ1v) is 6.03. The quantitative estimate of drug-likeness (QED) is 0.840. The van der Waals surface area contributed by atoms with Crippen LogP contribution in [0.1, 0.15) is 31.0 Å². The molecule has 2 rings (SSSR count). The Kier molecular flexibility index (Phi) is 3.20. The van der Waals surface area contributed by atoms with Gasteiger partial charge in [-0.3, -0.25) is 0 Å². The van der Waals surface area contributed by atoms with Crippen LogP contribution in [0.15, 0.2) is 18.2 Å². The second-order valence-electron chi connectivity index (χ2n) is 4.91. The van der Waals surface area contributed by atoms with Gasteiger partial charge in [0.15, 0.2) is 0 Å². The van der Waals surface area contributed by atoms with Crippen LogP contribution >= 0.6 is 0 Å². The lowest BCUT2D eigenvalue weighted by atomic mass is 9.87. The number of nitrogens with one attached hydrogen (secondary N) is 1. The Morgan fingerprint density at radius 2 is 2.06 bits per heavy atom. The molecule has 2 nitrogen and oxygen atoms in total. The van der Waals surface area contributed by atoms with Crippen LogP contribution in [0.4, 0.5) is 4.39 Å². The first kappa shape index (κ1) is 12.1. The summed E-state index contributed by atoms with van der Waals surface area (Å²) in [6.45, 7) is 6.87. The molecule has 0 saturated carbocycles. The molecule has 0 aliphatic heterocycles. The number of aryl methyl sites for hydroxylation is 1. The Labute approximate surface area is 101 Å². The highest BCUT2D eigenvalue weighted by Crippen LogP contribution is 2.33. The van der Waals surface area contributed by atoms with Crippen molar-refractivity contribution >= 4 is 10.9 Å². The summed E-state index contributed by atoms with van der Waals surface area (Å²) >= 11 is 0. The molecule has 1 aromatic heterocycles. The largest absolute Gasteiger partial charge is 0.356 e. The number of hydrogen-bond donors (Lipinski definition) is 2. The average molecular weight is 234 g/mol. The molecular weight excluding hydrogens is 215 g/mol. The van der Waals surface area contributed by atoms with Gasteiger partial charge in [-0.1, -0.05) is 26.0 Å². The maximum absolute atomic E-state index is 13.7. The molecule has 0 fully saturated rings. The molecule has 0 spiro atoms. The molecule has 0 amide bonds. The number of fused-ring (bicyclic) bond motifs is 1. The Morgan fingerprint density at radius 1 is 1.35 bits per heavy atom. The average Bonchev–Trinajstić information content (AvgIpc) is 2.59. The molecule has 0 radical (unpaired) electrons. The molecule has 0 bridgehead atoms. The van der Waals surface area contributed by atoms with Crippen molar-refractivity contribution < 1.29 is 4.39 Å². The zero-order chi connectivity index (χ0) is 12.6. The van der Waals surface area contributed by atoms with E-state index in [0.717, 1.165) is 16.6 Å². The highest BCUT2D eigenvalue weighted by Gasteiger charge is 2.21. The van der Waals surface area contributed by atoms with Gasteiger partial charge in [-0.2, -0.15) is 0 Å². The summed E-state index contributed by atoms with van der Waals surface area (Å²) in [6.07, 6.45) is 0. The minimum absolute atomic E-state index is 0.198. The lowest BCUT2D eigenvalue weighted by Gasteiger charge is -2.19. The first-order chi connectivity index (χ1) is 8.06. The fourth-order valence-corrected chi connectivity index (χ4v) is 2.53. The number of aromatic nitrogens is 1. The fourth-order valence-electron chi connectivity index (χ4n) is 2.53. The Bertz CT molecular complexity index is 528. The van der Waals surface area contributed by atoms with Crippen LogP contribution in [0.2, 0.25) is 0 Å². The van der Waals surface area contributed by atoms with Gasteiger partial charge in [0.2, 0.25) is 0 Å². The van der Waals surface area contributed by atoms with Gasteiger partial charge in [0, 0.05) is 17.0 Å². The summed E-state index contributed by atoms with van der Waals surface area (Å²) in [5.74, 6) is 0.517. The van der Waals surface area contributed by atoms with Gasteiger partial charge in [0.05, 0.1) is 5.52 Å². The number of benzene rings is 1. The third kappa shape index (κ3) is 1.95. The van der Waals surface area contributed by atoms with E-state index >= 15 is 0 Å². The van der Waals surface area contributed by atoms with Crippen LogP contribution in [0.3, 0.4) is 0 Å². The van der Waals surface area contributed by atoms with E-state index in [1.54, 1.807) is 6.07 Å². The van der Waals surface area contributed by atoms with Crippen LogP contribution in [0.25, 0.3) is 10.9 Å². The Morgan fingerprint density at radius 3 is 2.65 bits per heavy atom. The molecule has 92 valence electrons. The highest BCUT2D eigenvalue weighted by atomic mass is 19.1. The van der Waals surface area contributed by atoms with Crippen molar-refractivity contribution in [2.45, 2.75) is 26.7 Å². The van der Waals surface area contributed by atoms with Crippen molar-refractivity contribution in [1.29, 1.82) is 0 Å². The summed E-state index contributed by atoms with van der Waals surface area (Å²) in [6, 6.07) is 5.19. The minimum atomic E-state index is -0.198. The lowest BCUT2D eigenvalue weighted by Crippen LogP contribution is -2.18. The number of aromatic amines is 1. The van der Waals surface area contributed by atoms with Crippen molar-refractivity contribution in [1.82, 2.24) is 4.98 Å². The van der Waals surface area contributed by atoms with E-state index in [1.807, 2.05) is 13.0 Å². The van der Waals surface area contributed by atoms with E-state index in [4.69, 9.17) is 5.73 Å². The zero-order valence-corrected chi connectivity index (χ0v) is 10.5. The fraction of sp³-hybridized carbons (Fsp3) is 0.429. The van der Waals surface area contributed by atoms with E-state index < -0.39 is 0 Å². The molecule has 0 aliphatic rings. The Hall–Kier alpha value is -1.35. The topological polar surface area (TPSA) is 41.8 Å². The molecule has 2 aromatic rings. The van der Waals surface area contributed by atoms with Crippen molar-refractivity contribution in [3.05, 3.63) is 35.3 Å². The molecule has 3 N–H and O–H groups in total. The monoisotopic (exact) mass is 234 g/mol. The van der Waals surface area contributed by atoms with Crippen molar-refractivity contribution in [3.8, 4) is 0 Å². The third-order valence-electron chi connectivity index (χ3n) is 3.45. The van der Waals surface area contributed by atoms with E-state index in [1.165, 1.54) is 6.07 Å². The third-order valence-corrected chi connectivity index (χ3v) is 3.45. The summed E-state index contributed by atoms with van der Waals surface area (Å²) in [4.78, 5) is 3.13. The predicted molar refractivity (Wildman–Crippen MR) is 69.6 cm³/mol. The van der Waals surface area contributed by atoms with E-state index in [2.05, 4.69) is 18.8 Å². The maximum atomic E-state index is 13.7. The molecule has 1 heterocycles. The Balaban J connectivity index is 2.68.